The number of benzene rings is 1. The lowest BCUT2D eigenvalue weighted by Gasteiger charge is -2.50. The number of fused-ring (bicyclic) bond motifs is 5. The molecular formula is C26H35N3O2. The standard InChI is InChI=1S/C26H33N3O2.H2/c1-26-14-13-20-19-8-3-2-6-17(19)11-12-21(20)25(26)18(16-22(26)30)7-4-10-24(31)29-23(28)9-5-15-27;/h2-3,5-6,8-9,15,18,20-21,25,27H,4,7,10-14,16H2,1H3,(H2,28,29,31);1H/b9-5-,27-15?;/t18-,20?,21?,25?,26-;/m1./s1. The first-order valence-corrected chi connectivity index (χ1v) is 11.6. The first-order valence-electron chi connectivity index (χ1n) is 11.6. The maximum Gasteiger partial charge on any atom is 0.247 e. The molecule has 166 valence electrons. The second-order valence-corrected chi connectivity index (χ2v) is 9.73. The number of nitrogens with zero attached hydrogens (tertiary/aromatic N) is 1. The number of hydrogen-bond donors (Lipinski definition) is 2. The molecule has 0 aromatic heterocycles. The van der Waals surface area contributed by atoms with E-state index in [0.717, 1.165) is 38.3 Å². The number of amidine groups is 1. The summed E-state index contributed by atoms with van der Waals surface area (Å²) in [5, 5.41) is 6.96. The van der Waals surface area contributed by atoms with Gasteiger partial charge in [-0.25, -0.2) is 0 Å². The third kappa shape index (κ3) is 4.15. The van der Waals surface area contributed by atoms with E-state index in [4.69, 9.17) is 11.1 Å². The monoisotopic (exact) mass is 421 g/mol. The number of allylic oxidation sites excluding steroid dienone is 1. The zero-order valence-electron chi connectivity index (χ0n) is 18.3. The van der Waals surface area contributed by atoms with Crippen molar-refractivity contribution in [3.63, 3.8) is 0 Å². The molecule has 0 spiro atoms. The van der Waals surface area contributed by atoms with Gasteiger partial charge in [-0.15, -0.1) is 0 Å². The van der Waals surface area contributed by atoms with Crippen LogP contribution < -0.4 is 5.73 Å². The van der Waals surface area contributed by atoms with E-state index in [2.05, 4.69) is 36.2 Å². The summed E-state index contributed by atoms with van der Waals surface area (Å²) in [6.07, 6.45) is 11.0. The van der Waals surface area contributed by atoms with E-state index >= 15 is 0 Å². The van der Waals surface area contributed by atoms with E-state index in [-0.39, 0.29) is 18.6 Å². The van der Waals surface area contributed by atoms with E-state index in [1.807, 2.05) is 0 Å². The highest BCUT2D eigenvalue weighted by Crippen LogP contribution is 2.62. The largest absolute Gasteiger partial charge is 0.384 e. The molecule has 1 aromatic rings. The maximum atomic E-state index is 13.1. The number of aliphatic imine (C=N–C) groups is 1. The Morgan fingerprint density at radius 2 is 2.16 bits per heavy atom. The maximum absolute atomic E-state index is 13.1. The molecule has 3 unspecified atom stereocenters. The minimum Gasteiger partial charge on any atom is -0.384 e. The molecule has 31 heavy (non-hydrogen) atoms. The van der Waals surface area contributed by atoms with Crippen LogP contribution >= 0.6 is 0 Å². The van der Waals surface area contributed by atoms with Crippen LogP contribution in [0, 0.1) is 28.6 Å². The van der Waals surface area contributed by atoms with Gasteiger partial charge in [0.15, 0.2) is 0 Å². The number of carbonyl (C=O) groups is 2. The van der Waals surface area contributed by atoms with Crippen molar-refractivity contribution in [3.05, 3.63) is 47.5 Å². The van der Waals surface area contributed by atoms with Crippen molar-refractivity contribution in [3.8, 4) is 0 Å². The number of Topliss-reactive ketones (excluding diaryl/α,β-unsaturated/α-hetero) is 1. The number of ketones is 1. The predicted molar refractivity (Wildman–Crippen MR) is 125 cm³/mol. The summed E-state index contributed by atoms with van der Waals surface area (Å²) in [6, 6.07) is 8.86. The zero-order chi connectivity index (χ0) is 22.0. The Bertz CT molecular complexity index is 941. The van der Waals surface area contributed by atoms with Gasteiger partial charge in [0.05, 0.1) is 0 Å². The fraction of sp³-hybridized carbons (Fsp3) is 0.538. The smallest absolute Gasteiger partial charge is 0.247 e. The molecule has 3 aliphatic carbocycles. The van der Waals surface area contributed by atoms with E-state index < -0.39 is 0 Å². The zero-order valence-corrected chi connectivity index (χ0v) is 18.3. The molecule has 2 fully saturated rings. The van der Waals surface area contributed by atoms with E-state index in [9.17, 15) is 9.59 Å². The third-order valence-corrected chi connectivity index (χ3v) is 8.07. The summed E-state index contributed by atoms with van der Waals surface area (Å²) in [4.78, 5) is 29.1. The van der Waals surface area contributed by atoms with Crippen LogP contribution in [0.1, 0.15) is 70.3 Å². The number of carbonyl (C=O) groups excluding carboxylic acids is 2. The molecule has 5 atom stereocenters. The number of hydrogen-bond acceptors (Lipinski definition) is 3. The van der Waals surface area contributed by atoms with Crippen molar-refractivity contribution in [2.45, 2.75) is 64.2 Å². The fourth-order valence-corrected chi connectivity index (χ4v) is 6.75. The fourth-order valence-electron chi connectivity index (χ4n) is 6.75. The third-order valence-electron chi connectivity index (χ3n) is 8.07. The van der Waals surface area contributed by atoms with Crippen molar-refractivity contribution in [1.29, 1.82) is 5.41 Å². The van der Waals surface area contributed by atoms with Crippen LogP contribution in [0.5, 0.6) is 0 Å². The topological polar surface area (TPSA) is 96.4 Å². The predicted octanol–water partition coefficient (Wildman–Crippen LogP) is 4.84. The van der Waals surface area contributed by atoms with Crippen LogP contribution in [0.3, 0.4) is 0 Å². The normalized spacial score (nSPS) is 32.4. The summed E-state index contributed by atoms with van der Waals surface area (Å²) >= 11 is 0. The van der Waals surface area contributed by atoms with Gasteiger partial charge < -0.3 is 11.1 Å². The van der Waals surface area contributed by atoms with Crippen LogP contribution in [-0.4, -0.2) is 23.7 Å². The first kappa shape index (κ1) is 21.7. The Morgan fingerprint density at radius 3 is 2.97 bits per heavy atom. The Labute approximate surface area is 186 Å². The average molecular weight is 422 g/mol. The summed E-state index contributed by atoms with van der Waals surface area (Å²) < 4.78 is 0. The summed E-state index contributed by atoms with van der Waals surface area (Å²) in [6.45, 7) is 2.21. The Morgan fingerprint density at radius 1 is 1.35 bits per heavy atom. The Kier molecular flexibility index (Phi) is 6.22. The van der Waals surface area contributed by atoms with Crippen molar-refractivity contribution < 1.29 is 11.0 Å². The van der Waals surface area contributed by atoms with Gasteiger partial charge in [-0.3, -0.25) is 9.59 Å². The van der Waals surface area contributed by atoms with Gasteiger partial charge in [0, 0.05) is 25.9 Å². The number of nitrogens with two attached hydrogens (primary N) is 1. The quantitative estimate of drug-likeness (QED) is 0.508. The molecular weight excluding hydrogens is 386 g/mol. The summed E-state index contributed by atoms with van der Waals surface area (Å²) in [7, 11) is 0. The highest BCUT2D eigenvalue weighted by Gasteiger charge is 2.58. The van der Waals surface area contributed by atoms with Crippen molar-refractivity contribution in [2.24, 2.45) is 33.9 Å². The number of aryl methyl sites for hydroxylation is 1. The highest BCUT2D eigenvalue weighted by atomic mass is 16.1. The molecule has 3 aliphatic rings. The molecule has 2 saturated carbocycles. The van der Waals surface area contributed by atoms with Crippen LogP contribution in [0.2, 0.25) is 0 Å². The van der Waals surface area contributed by atoms with Crippen LogP contribution in [0.25, 0.3) is 0 Å². The Balaban J connectivity index is 0.00000289. The van der Waals surface area contributed by atoms with E-state index in [0.29, 0.717) is 42.3 Å². The molecule has 1 amide bonds. The number of rotatable bonds is 6. The summed E-state index contributed by atoms with van der Waals surface area (Å²) in [5.74, 6) is 2.27. The molecule has 0 aliphatic heterocycles. The van der Waals surface area contributed by atoms with Crippen molar-refractivity contribution in [2.75, 3.05) is 0 Å². The first-order chi connectivity index (χ1) is 14.9. The van der Waals surface area contributed by atoms with Gasteiger partial charge in [0.1, 0.15) is 11.6 Å². The Hall–Kier alpha value is -2.56. The average Bonchev–Trinajstić information content (AvgIpc) is 3.02. The van der Waals surface area contributed by atoms with Gasteiger partial charge >= 0.3 is 0 Å². The summed E-state index contributed by atoms with van der Waals surface area (Å²) in [5.41, 5.74) is 8.49. The molecule has 0 bridgehead atoms. The van der Waals surface area contributed by atoms with Gasteiger partial charge in [-0.2, -0.15) is 4.99 Å². The molecule has 1 aromatic carbocycles. The lowest BCUT2D eigenvalue weighted by molar-refractivity contribution is -0.129. The second-order valence-electron chi connectivity index (χ2n) is 9.73. The lowest BCUT2D eigenvalue weighted by Crippen LogP contribution is -2.44. The number of amides is 1. The second kappa shape index (κ2) is 8.89. The molecule has 0 saturated heterocycles. The molecule has 3 N–H and O–H groups in total. The highest BCUT2D eigenvalue weighted by molar-refractivity contribution is 6.01. The van der Waals surface area contributed by atoms with Crippen LogP contribution in [-0.2, 0) is 16.0 Å². The van der Waals surface area contributed by atoms with Crippen molar-refractivity contribution >= 4 is 23.7 Å². The lowest BCUT2D eigenvalue weighted by atomic mass is 9.54. The molecule has 0 radical (unpaired) electrons. The molecule has 0 heterocycles. The van der Waals surface area contributed by atoms with Crippen LogP contribution in [0.15, 0.2) is 41.4 Å². The van der Waals surface area contributed by atoms with Gasteiger partial charge in [0.2, 0.25) is 5.91 Å². The van der Waals surface area contributed by atoms with Gasteiger partial charge in [-0.1, -0.05) is 31.2 Å². The number of nitrogens with one attached hydrogen (secondary N) is 1. The van der Waals surface area contributed by atoms with Gasteiger partial charge in [-0.05, 0) is 85.5 Å². The molecule has 5 nitrogen and oxygen atoms in total. The molecule has 4 rings (SSSR count). The van der Waals surface area contributed by atoms with E-state index in [1.165, 1.54) is 29.7 Å². The SMILES string of the molecule is C[C@]12CCC3c4ccccc4CCC3C1[C@H](CCCC(=O)N=C(N)/C=C\C=N)CC2=O.[HH]. The van der Waals surface area contributed by atoms with Crippen LogP contribution in [0.4, 0.5) is 0 Å². The minimum absolute atomic E-state index is 0. The van der Waals surface area contributed by atoms with E-state index in [1.54, 1.807) is 0 Å². The van der Waals surface area contributed by atoms with Crippen molar-refractivity contribution in [1.82, 2.24) is 0 Å². The molecule has 5 heteroatoms. The minimum atomic E-state index is -0.229. The van der Waals surface area contributed by atoms with Gasteiger partial charge in [0.25, 0.3) is 0 Å².